The van der Waals surface area contributed by atoms with E-state index in [2.05, 4.69) is 20.8 Å². The average molecular weight is 182 g/mol. The summed E-state index contributed by atoms with van der Waals surface area (Å²) in [6, 6.07) is 0. The molecule has 0 radical (unpaired) electrons. The Bertz CT molecular complexity index is 256. The topological polar surface area (TPSA) is 37.3 Å². The predicted molar refractivity (Wildman–Crippen MR) is 52.5 cm³/mol. The molecule has 0 bridgehead atoms. The first-order chi connectivity index (χ1) is 5.88. The molecule has 0 aromatic rings. The van der Waals surface area contributed by atoms with Crippen LogP contribution in [0.15, 0.2) is 11.3 Å². The Labute approximate surface area is 79.6 Å². The second kappa shape index (κ2) is 3.17. The van der Waals surface area contributed by atoms with Crippen LogP contribution in [0.1, 0.15) is 40.5 Å². The highest BCUT2D eigenvalue weighted by molar-refractivity contribution is 5.98. The molecule has 0 fully saturated rings. The van der Waals surface area contributed by atoms with Gasteiger partial charge in [-0.25, -0.2) is 0 Å². The molecule has 13 heavy (non-hydrogen) atoms. The van der Waals surface area contributed by atoms with Crippen molar-refractivity contribution in [2.24, 2.45) is 11.3 Å². The third-order valence-electron chi connectivity index (χ3n) is 2.76. The van der Waals surface area contributed by atoms with E-state index in [4.69, 9.17) is 0 Å². The van der Waals surface area contributed by atoms with Crippen molar-refractivity contribution >= 4 is 5.78 Å². The smallest absolute Gasteiger partial charge is 0.162 e. The number of allylic oxidation sites excluding steroid dienone is 2. The molecule has 0 heterocycles. The van der Waals surface area contributed by atoms with E-state index in [1.807, 2.05) is 6.92 Å². The molecular formula is C11H18O2. The molecule has 2 nitrogen and oxygen atoms in total. The normalized spacial score (nSPS) is 24.3. The van der Waals surface area contributed by atoms with Gasteiger partial charge in [0.05, 0.1) is 0 Å². The first-order valence-electron chi connectivity index (χ1n) is 4.83. The summed E-state index contributed by atoms with van der Waals surface area (Å²) < 4.78 is 0. The van der Waals surface area contributed by atoms with Gasteiger partial charge in [0.15, 0.2) is 5.78 Å². The van der Waals surface area contributed by atoms with Crippen LogP contribution in [0, 0.1) is 11.3 Å². The van der Waals surface area contributed by atoms with Crippen molar-refractivity contribution in [3.8, 4) is 0 Å². The molecule has 2 heteroatoms. The van der Waals surface area contributed by atoms with Gasteiger partial charge in [0.2, 0.25) is 0 Å². The van der Waals surface area contributed by atoms with Gasteiger partial charge in [0.25, 0.3) is 0 Å². The van der Waals surface area contributed by atoms with E-state index in [0.717, 1.165) is 0 Å². The van der Waals surface area contributed by atoms with Crippen LogP contribution in [0.25, 0.3) is 0 Å². The number of hydrogen-bond donors (Lipinski definition) is 1. The minimum Gasteiger partial charge on any atom is -0.512 e. The molecule has 74 valence electrons. The van der Waals surface area contributed by atoms with Gasteiger partial charge < -0.3 is 5.11 Å². The van der Waals surface area contributed by atoms with E-state index < -0.39 is 0 Å². The zero-order valence-corrected chi connectivity index (χ0v) is 8.85. The fourth-order valence-corrected chi connectivity index (χ4v) is 1.85. The summed E-state index contributed by atoms with van der Waals surface area (Å²) in [5.41, 5.74) is 0.622. The van der Waals surface area contributed by atoms with Crippen molar-refractivity contribution < 1.29 is 9.90 Å². The molecule has 1 aliphatic carbocycles. The molecule has 1 unspecified atom stereocenters. The average Bonchev–Trinajstić information content (AvgIpc) is 2.25. The Morgan fingerprint density at radius 3 is 2.23 bits per heavy atom. The van der Waals surface area contributed by atoms with Crippen LogP contribution in [-0.4, -0.2) is 10.9 Å². The van der Waals surface area contributed by atoms with Crippen molar-refractivity contribution in [3.63, 3.8) is 0 Å². The minimum atomic E-state index is -0.0172. The van der Waals surface area contributed by atoms with Gasteiger partial charge in [-0.15, -0.1) is 0 Å². The maximum absolute atomic E-state index is 11.5. The van der Waals surface area contributed by atoms with E-state index in [1.54, 1.807) is 0 Å². The number of carbonyl (C=O) groups is 1. The highest BCUT2D eigenvalue weighted by Crippen LogP contribution is 2.40. The molecule has 1 aliphatic rings. The summed E-state index contributed by atoms with van der Waals surface area (Å²) in [7, 11) is 0. The molecule has 0 aliphatic heterocycles. The zero-order valence-electron chi connectivity index (χ0n) is 8.85. The third-order valence-corrected chi connectivity index (χ3v) is 2.76. The van der Waals surface area contributed by atoms with Gasteiger partial charge in [-0.05, 0) is 11.8 Å². The standard InChI is InChI=1S/C11H18O2/c1-5-7-9(12)6-8(10(7)13)11(2,3)4/h8,13H,5-6H2,1-4H3. The second-order valence-corrected chi connectivity index (χ2v) is 4.76. The summed E-state index contributed by atoms with van der Waals surface area (Å²) in [4.78, 5) is 11.5. The van der Waals surface area contributed by atoms with Crippen LogP contribution in [0.4, 0.5) is 0 Å². The maximum atomic E-state index is 11.5. The maximum Gasteiger partial charge on any atom is 0.162 e. The van der Waals surface area contributed by atoms with Gasteiger partial charge in [0.1, 0.15) is 5.76 Å². The van der Waals surface area contributed by atoms with Crippen LogP contribution in [-0.2, 0) is 4.79 Å². The Balaban J connectivity index is 2.98. The number of Topliss-reactive ketones (excluding diaryl/α,β-unsaturated/α-hetero) is 1. The number of aliphatic hydroxyl groups excluding tert-OH is 1. The summed E-state index contributed by atoms with van der Waals surface area (Å²) in [6.07, 6.45) is 1.13. The monoisotopic (exact) mass is 182 g/mol. The van der Waals surface area contributed by atoms with Crippen LogP contribution in [0.5, 0.6) is 0 Å². The second-order valence-electron chi connectivity index (χ2n) is 4.76. The van der Waals surface area contributed by atoms with E-state index >= 15 is 0 Å². The largest absolute Gasteiger partial charge is 0.512 e. The lowest BCUT2D eigenvalue weighted by Gasteiger charge is -2.26. The van der Waals surface area contributed by atoms with Crippen molar-refractivity contribution in [1.29, 1.82) is 0 Å². The number of rotatable bonds is 1. The fourth-order valence-electron chi connectivity index (χ4n) is 1.85. The molecule has 0 saturated heterocycles. The highest BCUT2D eigenvalue weighted by Gasteiger charge is 2.38. The number of hydrogen-bond acceptors (Lipinski definition) is 2. The lowest BCUT2D eigenvalue weighted by molar-refractivity contribution is -0.115. The number of ketones is 1. The van der Waals surface area contributed by atoms with Crippen molar-refractivity contribution in [3.05, 3.63) is 11.3 Å². The summed E-state index contributed by atoms with van der Waals surface area (Å²) in [6.45, 7) is 8.08. The molecule has 0 saturated carbocycles. The molecule has 0 aromatic heterocycles. The first kappa shape index (κ1) is 10.3. The number of carbonyl (C=O) groups excluding carboxylic acids is 1. The molecule has 0 amide bonds. The molecule has 1 rings (SSSR count). The highest BCUT2D eigenvalue weighted by atomic mass is 16.3. The summed E-state index contributed by atoms with van der Waals surface area (Å²) in [5.74, 6) is 0.481. The van der Waals surface area contributed by atoms with Gasteiger partial charge in [-0.1, -0.05) is 27.7 Å². The van der Waals surface area contributed by atoms with E-state index in [0.29, 0.717) is 24.2 Å². The Morgan fingerprint density at radius 2 is 2.00 bits per heavy atom. The first-order valence-corrected chi connectivity index (χ1v) is 4.83. The molecular weight excluding hydrogens is 164 g/mol. The Hall–Kier alpha value is -0.790. The predicted octanol–water partition coefficient (Wildman–Crippen LogP) is 2.84. The van der Waals surface area contributed by atoms with Crippen LogP contribution in [0.3, 0.4) is 0 Å². The lowest BCUT2D eigenvalue weighted by Crippen LogP contribution is -2.20. The molecule has 0 aromatic carbocycles. The quantitative estimate of drug-likeness (QED) is 0.677. The van der Waals surface area contributed by atoms with Crippen LogP contribution >= 0.6 is 0 Å². The van der Waals surface area contributed by atoms with Gasteiger partial charge in [-0.3, -0.25) is 4.79 Å². The molecule has 0 spiro atoms. The summed E-state index contributed by atoms with van der Waals surface area (Å²) in [5, 5.41) is 9.81. The Kier molecular flexibility index (Phi) is 2.51. The van der Waals surface area contributed by atoms with Crippen molar-refractivity contribution in [2.75, 3.05) is 0 Å². The lowest BCUT2D eigenvalue weighted by atomic mass is 9.79. The number of aliphatic hydroxyl groups is 1. The Morgan fingerprint density at radius 1 is 1.46 bits per heavy atom. The van der Waals surface area contributed by atoms with Gasteiger partial charge in [0, 0.05) is 17.9 Å². The van der Waals surface area contributed by atoms with Crippen LogP contribution < -0.4 is 0 Å². The van der Waals surface area contributed by atoms with Crippen molar-refractivity contribution in [1.82, 2.24) is 0 Å². The van der Waals surface area contributed by atoms with E-state index in [1.165, 1.54) is 0 Å². The molecule has 1 atom stereocenters. The van der Waals surface area contributed by atoms with Gasteiger partial charge >= 0.3 is 0 Å². The van der Waals surface area contributed by atoms with Crippen LogP contribution in [0.2, 0.25) is 0 Å². The van der Waals surface area contributed by atoms with E-state index in [-0.39, 0.29) is 17.1 Å². The fraction of sp³-hybridized carbons (Fsp3) is 0.727. The summed E-state index contributed by atoms with van der Waals surface area (Å²) >= 11 is 0. The van der Waals surface area contributed by atoms with E-state index in [9.17, 15) is 9.90 Å². The van der Waals surface area contributed by atoms with Crippen molar-refractivity contribution in [2.45, 2.75) is 40.5 Å². The minimum absolute atomic E-state index is 0.0172. The SMILES string of the molecule is CCC1=C(O)C(C(C)(C)C)CC1=O. The third kappa shape index (κ3) is 1.77. The van der Waals surface area contributed by atoms with Gasteiger partial charge in [-0.2, -0.15) is 0 Å². The molecule has 1 N–H and O–H groups in total. The zero-order chi connectivity index (χ0) is 10.2.